The number of carboxylic acid groups (broad SMARTS) is 1. The lowest BCUT2D eigenvalue weighted by Gasteiger charge is -2.07. The van der Waals surface area contributed by atoms with E-state index in [2.05, 4.69) is 4.98 Å². The molecule has 0 aliphatic rings. The average molecular weight is 292 g/mol. The smallest absolute Gasteiger partial charge is 0.336 e. The molecule has 3 aromatic rings. The molecule has 20 heavy (non-hydrogen) atoms. The first kappa shape index (κ1) is 12.6. The Kier molecular flexibility index (Phi) is 2.91. The fourth-order valence-corrected chi connectivity index (χ4v) is 2.24. The minimum absolute atomic E-state index is 0.0782. The van der Waals surface area contributed by atoms with Gasteiger partial charge in [-0.05, 0) is 30.3 Å². The highest BCUT2D eigenvalue weighted by molar-refractivity contribution is 6.36. The van der Waals surface area contributed by atoms with Crippen molar-refractivity contribution in [2.45, 2.75) is 0 Å². The van der Waals surface area contributed by atoms with E-state index in [9.17, 15) is 14.3 Å². The second-order valence-electron chi connectivity index (χ2n) is 4.09. The molecule has 0 fully saturated rings. The quantitative estimate of drug-likeness (QED) is 0.775. The Morgan fingerprint density at radius 3 is 2.80 bits per heavy atom. The van der Waals surface area contributed by atoms with Crippen molar-refractivity contribution in [1.29, 1.82) is 0 Å². The lowest BCUT2D eigenvalue weighted by molar-refractivity contribution is 0.0699. The molecule has 0 radical (unpaired) electrons. The van der Waals surface area contributed by atoms with Crippen molar-refractivity contribution < 1.29 is 18.7 Å². The van der Waals surface area contributed by atoms with E-state index in [1.165, 1.54) is 18.4 Å². The first-order valence-electron chi connectivity index (χ1n) is 5.64. The molecule has 1 aromatic carbocycles. The van der Waals surface area contributed by atoms with Crippen LogP contribution in [0, 0.1) is 5.82 Å². The van der Waals surface area contributed by atoms with Gasteiger partial charge in [-0.1, -0.05) is 11.6 Å². The number of carbonyl (C=O) groups is 1. The number of aromatic carboxylic acids is 1. The molecule has 2 heterocycles. The van der Waals surface area contributed by atoms with Crippen molar-refractivity contribution in [1.82, 2.24) is 4.98 Å². The topological polar surface area (TPSA) is 63.3 Å². The molecule has 1 N–H and O–H groups in total. The monoisotopic (exact) mass is 291 g/mol. The van der Waals surface area contributed by atoms with E-state index >= 15 is 0 Å². The van der Waals surface area contributed by atoms with Gasteiger partial charge in [0.05, 0.1) is 16.8 Å². The summed E-state index contributed by atoms with van der Waals surface area (Å²) in [5.74, 6) is -1.49. The predicted molar refractivity (Wildman–Crippen MR) is 71.4 cm³/mol. The zero-order chi connectivity index (χ0) is 14.3. The van der Waals surface area contributed by atoms with Crippen LogP contribution in [-0.4, -0.2) is 16.1 Å². The normalized spacial score (nSPS) is 10.9. The third kappa shape index (κ3) is 1.92. The van der Waals surface area contributed by atoms with E-state index in [4.69, 9.17) is 16.0 Å². The zero-order valence-electron chi connectivity index (χ0n) is 9.93. The lowest BCUT2D eigenvalue weighted by atomic mass is 10.1. The van der Waals surface area contributed by atoms with Gasteiger partial charge in [-0.3, -0.25) is 0 Å². The molecule has 2 aromatic heterocycles. The van der Waals surface area contributed by atoms with Crippen molar-refractivity contribution in [3.05, 3.63) is 53.0 Å². The largest absolute Gasteiger partial charge is 0.478 e. The minimum atomic E-state index is -1.21. The number of benzene rings is 1. The van der Waals surface area contributed by atoms with Crippen molar-refractivity contribution >= 4 is 28.5 Å². The van der Waals surface area contributed by atoms with Gasteiger partial charge in [-0.25, -0.2) is 14.2 Å². The van der Waals surface area contributed by atoms with Crippen LogP contribution in [0.1, 0.15) is 10.4 Å². The summed E-state index contributed by atoms with van der Waals surface area (Å²) in [4.78, 5) is 15.5. The van der Waals surface area contributed by atoms with Crippen LogP contribution in [0.5, 0.6) is 0 Å². The van der Waals surface area contributed by atoms with E-state index in [0.717, 1.165) is 6.07 Å². The van der Waals surface area contributed by atoms with Crippen LogP contribution >= 0.6 is 11.6 Å². The van der Waals surface area contributed by atoms with Crippen LogP contribution in [0.4, 0.5) is 4.39 Å². The van der Waals surface area contributed by atoms with Gasteiger partial charge in [0.25, 0.3) is 0 Å². The summed E-state index contributed by atoms with van der Waals surface area (Å²) in [6.07, 6.45) is 1.43. The number of halogens is 2. The molecule has 0 spiro atoms. The van der Waals surface area contributed by atoms with Crippen molar-refractivity contribution in [3.63, 3.8) is 0 Å². The van der Waals surface area contributed by atoms with Crippen molar-refractivity contribution in [2.75, 3.05) is 0 Å². The fourth-order valence-electron chi connectivity index (χ4n) is 1.99. The van der Waals surface area contributed by atoms with Gasteiger partial charge in [-0.2, -0.15) is 0 Å². The summed E-state index contributed by atoms with van der Waals surface area (Å²) >= 11 is 5.96. The van der Waals surface area contributed by atoms with E-state index in [1.807, 2.05) is 0 Å². The molecule has 100 valence electrons. The maximum atomic E-state index is 13.9. The Bertz CT molecular complexity index is 815. The summed E-state index contributed by atoms with van der Waals surface area (Å²) in [5, 5.41) is 9.50. The number of rotatable bonds is 2. The van der Waals surface area contributed by atoms with Gasteiger partial charge in [-0.15, -0.1) is 0 Å². The predicted octanol–water partition coefficient (Wildman–Crippen LogP) is 3.99. The molecule has 0 bridgehead atoms. The number of aromatic nitrogens is 1. The molecule has 0 aliphatic heterocycles. The van der Waals surface area contributed by atoms with Crippen LogP contribution in [0.25, 0.3) is 22.4 Å². The van der Waals surface area contributed by atoms with Gasteiger partial charge in [0.15, 0.2) is 5.76 Å². The Morgan fingerprint density at radius 2 is 2.15 bits per heavy atom. The highest BCUT2D eigenvalue weighted by atomic mass is 35.5. The Morgan fingerprint density at radius 1 is 1.35 bits per heavy atom. The second-order valence-corrected chi connectivity index (χ2v) is 4.50. The SMILES string of the molecule is O=C(O)c1cc(-c2ccco2)nc2c(F)ccc(Cl)c12. The van der Waals surface area contributed by atoms with E-state index < -0.39 is 11.8 Å². The van der Waals surface area contributed by atoms with E-state index in [-0.39, 0.29) is 27.2 Å². The molecule has 0 aliphatic carbocycles. The maximum absolute atomic E-state index is 13.9. The first-order valence-corrected chi connectivity index (χ1v) is 6.01. The minimum Gasteiger partial charge on any atom is -0.478 e. The molecular weight excluding hydrogens is 285 g/mol. The summed E-state index contributed by atoms with van der Waals surface area (Å²) in [7, 11) is 0. The number of pyridine rings is 1. The van der Waals surface area contributed by atoms with Gasteiger partial charge in [0.1, 0.15) is 17.0 Å². The number of carboxylic acids is 1. The zero-order valence-corrected chi connectivity index (χ0v) is 10.7. The molecule has 3 rings (SSSR count). The molecule has 0 saturated heterocycles. The summed E-state index contributed by atoms with van der Waals surface area (Å²) in [6, 6.07) is 7.02. The van der Waals surface area contributed by atoms with Crippen LogP contribution in [0.3, 0.4) is 0 Å². The fraction of sp³-hybridized carbons (Fsp3) is 0. The van der Waals surface area contributed by atoms with Crippen LogP contribution in [0.2, 0.25) is 5.02 Å². The van der Waals surface area contributed by atoms with Crippen molar-refractivity contribution in [3.8, 4) is 11.5 Å². The van der Waals surface area contributed by atoms with Crippen molar-refractivity contribution in [2.24, 2.45) is 0 Å². The highest BCUT2D eigenvalue weighted by Crippen LogP contribution is 2.31. The summed E-state index contributed by atoms with van der Waals surface area (Å²) in [6.45, 7) is 0. The number of fused-ring (bicyclic) bond motifs is 1. The van der Waals surface area contributed by atoms with Gasteiger partial charge in [0, 0.05) is 5.39 Å². The Hall–Kier alpha value is -2.40. The molecule has 0 atom stereocenters. The van der Waals surface area contributed by atoms with Gasteiger partial charge in [0.2, 0.25) is 0 Å². The van der Waals surface area contributed by atoms with Crippen LogP contribution in [-0.2, 0) is 0 Å². The number of hydrogen-bond acceptors (Lipinski definition) is 3. The molecule has 0 amide bonds. The summed E-state index contributed by atoms with van der Waals surface area (Å²) < 4.78 is 19.0. The highest BCUT2D eigenvalue weighted by Gasteiger charge is 2.18. The standard InChI is InChI=1S/C14H7ClFNO3/c15-8-3-4-9(16)13-12(8)7(14(18)19)6-10(17-13)11-2-1-5-20-11/h1-6H,(H,18,19). The Labute approximate surface area is 117 Å². The first-order chi connectivity index (χ1) is 9.58. The molecule has 4 nitrogen and oxygen atoms in total. The molecular formula is C14H7ClFNO3. The lowest BCUT2D eigenvalue weighted by Crippen LogP contribution is -2.01. The molecule has 0 unspecified atom stereocenters. The van der Waals surface area contributed by atoms with Crippen LogP contribution in [0.15, 0.2) is 41.0 Å². The average Bonchev–Trinajstić information content (AvgIpc) is 2.96. The second kappa shape index (κ2) is 4.61. The summed E-state index contributed by atoms with van der Waals surface area (Å²) in [5.41, 5.74) is 0.0239. The number of furan rings is 1. The Balaban J connectivity index is 2.43. The third-order valence-electron chi connectivity index (χ3n) is 2.86. The van der Waals surface area contributed by atoms with Gasteiger partial charge < -0.3 is 9.52 Å². The number of hydrogen-bond donors (Lipinski definition) is 1. The van der Waals surface area contributed by atoms with Crippen LogP contribution < -0.4 is 0 Å². The number of nitrogens with zero attached hydrogens (tertiary/aromatic N) is 1. The van der Waals surface area contributed by atoms with E-state index in [0.29, 0.717) is 5.76 Å². The van der Waals surface area contributed by atoms with Gasteiger partial charge >= 0.3 is 5.97 Å². The molecule has 6 heteroatoms. The molecule has 0 saturated carbocycles. The van der Waals surface area contributed by atoms with E-state index in [1.54, 1.807) is 12.1 Å². The maximum Gasteiger partial charge on any atom is 0.336 e. The third-order valence-corrected chi connectivity index (χ3v) is 3.18.